The molecule has 56 valence electrons. The van der Waals surface area contributed by atoms with Crippen LogP contribution >= 0.6 is 0 Å². The van der Waals surface area contributed by atoms with Gasteiger partial charge in [-0.3, -0.25) is 0 Å². The molecule has 0 rings (SSSR count). The van der Waals surface area contributed by atoms with Gasteiger partial charge in [-0.2, -0.15) is 0 Å². The first-order chi connectivity index (χ1) is 3.71. The van der Waals surface area contributed by atoms with Crippen molar-refractivity contribution in [2.24, 2.45) is 0 Å². The van der Waals surface area contributed by atoms with E-state index in [-0.39, 0.29) is 0 Å². The van der Waals surface area contributed by atoms with E-state index in [9.17, 15) is 0 Å². The number of hydrogen-bond donors (Lipinski definition) is 0. The Hall–Kier alpha value is 0.519. The van der Waals surface area contributed by atoms with Crippen molar-refractivity contribution >= 4 is 15.0 Å². The summed E-state index contributed by atoms with van der Waals surface area (Å²) in [6, 6.07) is 0. The van der Waals surface area contributed by atoms with Crippen molar-refractivity contribution in [3.05, 3.63) is 0 Å². The van der Waals surface area contributed by atoms with Crippen molar-refractivity contribution in [2.75, 3.05) is 0 Å². The van der Waals surface area contributed by atoms with Crippen LogP contribution < -0.4 is 0 Å². The Labute approximate surface area is 65.6 Å². The second-order valence-electron chi connectivity index (χ2n) is 4.33. The summed E-state index contributed by atoms with van der Waals surface area (Å²) in [5.74, 6) is 0. The molecule has 0 saturated carbocycles. The summed E-state index contributed by atoms with van der Waals surface area (Å²) in [6.45, 7) is 13.9. The third-order valence-corrected chi connectivity index (χ3v) is 3.18. The van der Waals surface area contributed by atoms with E-state index in [1.165, 1.54) is 0 Å². The second-order valence-corrected chi connectivity index (χ2v) is 9.89. The molecule has 0 aromatic heterocycles. The Kier molecular flexibility index (Phi) is 2.79. The maximum atomic E-state index is 2.32. The van der Waals surface area contributed by atoms with E-state index in [1.807, 2.05) is 0 Å². The zero-order valence-corrected chi connectivity index (χ0v) is 9.12. The van der Waals surface area contributed by atoms with Crippen LogP contribution in [-0.4, -0.2) is 15.0 Å². The molecule has 0 aliphatic rings. The Morgan fingerprint density at radius 2 is 0.889 bits per heavy atom. The molecule has 0 unspecified atom stereocenters. The van der Waals surface area contributed by atoms with E-state index in [4.69, 9.17) is 0 Å². The molecule has 0 fully saturated rings. The van der Waals surface area contributed by atoms with Gasteiger partial charge in [-0.1, -0.05) is 0 Å². The van der Waals surface area contributed by atoms with Crippen LogP contribution in [0.4, 0.5) is 0 Å². The summed E-state index contributed by atoms with van der Waals surface area (Å²) >= 11 is 0.750. The quantitative estimate of drug-likeness (QED) is 0.518. The van der Waals surface area contributed by atoms with Gasteiger partial charge in [0.15, 0.2) is 0 Å². The minimum absolute atomic E-state index is 0.547. The third kappa shape index (κ3) is 8.52. The summed E-state index contributed by atoms with van der Waals surface area (Å²) in [5.41, 5.74) is 0. The summed E-state index contributed by atoms with van der Waals surface area (Å²) < 4.78 is 1.09. The Morgan fingerprint density at radius 3 is 0.889 bits per heavy atom. The molecule has 0 aromatic carbocycles. The van der Waals surface area contributed by atoms with Gasteiger partial charge in [0.2, 0.25) is 0 Å². The maximum absolute atomic E-state index is 2.32. The predicted molar refractivity (Wildman–Crippen MR) is 45.2 cm³/mol. The zero-order chi connectivity index (χ0) is 7.71. The van der Waals surface area contributed by atoms with Crippen LogP contribution in [0.5, 0.6) is 0 Å². The minimum atomic E-state index is 0.547. The third-order valence-electron chi connectivity index (χ3n) is 0.612. The van der Waals surface area contributed by atoms with Crippen LogP contribution in [0, 0.1) is 0 Å². The molecule has 0 aliphatic carbocycles. The van der Waals surface area contributed by atoms with Gasteiger partial charge in [0, 0.05) is 0 Å². The molecule has 9 heavy (non-hydrogen) atoms. The van der Waals surface area contributed by atoms with Crippen molar-refractivity contribution < 1.29 is 0 Å². The van der Waals surface area contributed by atoms with E-state index < -0.39 is 0 Å². The molecule has 0 saturated heterocycles. The molecule has 1 heteroatoms. The van der Waals surface area contributed by atoms with Gasteiger partial charge in [0.25, 0.3) is 0 Å². The Morgan fingerprint density at radius 1 is 0.667 bits per heavy atom. The van der Waals surface area contributed by atoms with Crippen LogP contribution in [0.2, 0.25) is 8.63 Å². The Bertz CT molecular complexity index is 69.7. The molecule has 0 atom stereocenters. The summed E-state index contributed by atoms with van der Waals surface area (Å²) in [4.78, 5) is 0. The standard InChI is InChI=1S/C8H18Se/c1-7(2,3)9-8(4,5)6/h1-6H3. The summed E-state index contributed by atoms with van der Waals surface area (Å²) in [6.07, 6.45) is 0. The molecule has 0 N–H and O–H groups in total. The summed E-state index contributed by atoms with van der Waals surface area (Å²) in [7, 11) is 0. The fraction of sp³-hybridized carbons (Fsp3) is 1.00. The van der Waals surface area contributed by atoms with Gasteiger partial charge in [-0.15, -0.1) is 0 Å². The average Bonchev–Trinajstić information content (AvgIpc) is 1.14. The molecular weight excluding hydrogens is 175 g/mol. The van der Waals surface area contributed by atoms with Crippen molar-refractivity contribution in [3.8, 4) is 0 Å². The number of rotatable bonds is 0. The van der Waals surface area contributed by atoms with Gasteiger partial charge < -0.3 is 0 Å². The molecule has 0 nitrogen and oxygen atoms in total. The fourth-order valence-electron chi connectivity index (χ4n) is 0.919. The van der Waals surface area contributed by atoms with Gasteiger partial charge in [-0.25, -0.2) is 0 Å². The topological polar surface area (TPSA) is 0 Å². The van der Waals surface area contributed by atoms with Crippen molar-refractivity contribution in [1.29, 1.82) is 0 Å². The van der Waals surface area contributed by atoms with Gasteiger partial charge >= 0.3 is 65.1 Å². The molecular formula is C8H18Se. The summed E-state index contributed by atoms with van der Waals surface area (Å²) in [5, 5.41) is 0. The van der Waals surface area contributed by atoms with E-state index in [1.54, 1.807) is 0 Å². The van der Waals surface area contributed by atoms with E-state index >= 15 is 0 Å². The van der Waals surface area contributed by atoms with E-state index in [0.717, 1.165) is 15.0 Å². The molecule has 0 amide bonds. The van der Waals surface area contributed by atoms with Crippen molar-refractivity contribution in [1.82, 2.24) is 0 Å². The van der Waals surface area contributed by atoms with Gasteiger partial charge in [0.05, 0.1) is 0 Å². The Balaban J connectivity index is 3.75. The fourth-order valence-corrected chi connectivity index (χ4v) is 4.77. The normalized spacial score (nSPS) is 14.0. The van der Waals surface area contributed by atoms with Crippen LogP contribution in [0.25, 0.3) is 0 Å². The first-order valence-corrected chi connectivity index (χ1v) is 5.12. The first-order valence-electron chi connectivity index (χ1n) is 3.41. The molecule has 0 heterocycles. The monoisotopic (exact) mass is 194 g/mol. The SMILES string of the molecule is CC(C)(C)[Se]C(C)(C)C. The van der Waals surface area contributed by atoms with E-state index in [0.29, 0.717) is 8.63 Å². The van der Waals surface area contributed by atoms with Gasteiger partial charge in [0.1, 0.15) is 0 Å². The predicted octanol–water partition coefficient (Wildman–Crippen LogP) is 3.13. The number of hydrogen-bond acceptors (Lipinski definition) is 0. The van der Waals surface area contributed by atoms with Crippen molar-refractivity contribution in [2.45, 2.75) is 50.2 Å². The van der Waals surface area contributed by atoms with Crippen LogP contribution in [0.15, 0.2) is 0 Å². The van der Waals surface area contributed by atoms with Crippen molar-refractivity contribution in [3.63, 3.8) is 0 Å². The molecule has 0 bridgehead atoms. The van der Waals surface area contributed by atoms with Gasteiger partial charge in [-0.05, 0) is 0 Å². The molecule has 0 spiro atoms. The molecule has 0 radical (unpaired) electrons. The van der Waals surface area contributed by atoms with Crippen LogP contribution in [-0.2, 0) is 0 Å². The van der Waals surface area contributed by atoms with Crippen LogP contribution in [0.3, 0.4) is 0 Å². The zero-order valence-electron chi connectivity index (χ0n) is 7.41. The van der Waals surface area contributed by atoms with Crippen LogP contribution in [0.1, 0.15) is 41.5 Å². The second kappa shape index (κ2) is 2.64. The first kappa shape index (κ1) is 9.52. The average molecular weight is 193 g/mol. The molecule has 0 aromatic rings. The van der Waals surface area contributed by atoms with E-state index in [2.05, 4.69) is 41.5 Å². The molecule has 0 aliphatic heterocycles.